The Labute approximate surface area is 109 Å². The summed E-state index contributed by atoms with van der Waals surface area (Å²) in [6.45, 7) is 3.65. The lowest BCUT2D eigenvalue weighted by atomic mass is 10.1. The Balaban J connectivity index is 3.56. The molecule has 1 aromatic rings. The van der Waals surface area contributed by atoms with Crippen LogP contribution in [0.1, 0.15) is 19.4 Å². The highest BCUT2D eigenvalue weighted by atomic mass is 35.7. The van der Waals surface area contributed by atoms with Gasteiger partial charge in [0, 0.05) is 16.7 Å². The molecule has 0 heterocycles. The SMILES string of the molecule is CCOc1cc(CC)c(S(=O)(=O)Cl)cc1[N+](=O)[O-]. The molecule has 0 saturated heterocycles. The Bertz CT molecular complexity index is 570. The number of benzene rings is 1. The van der Waals surface area contributed by atoms with Crippen molar-refractivity contribution < 1.29 is 18.1 Å². The van der Waals surface area contributed by atoms with Crippen molar-refractivity contribution in [2.24, 2.45) is 0 Å². The quantitative estimate of drug-likeness (QED) is 0.473. The van der Waals surface area contributed by atoms with E-state index in [9.17, 15) is 18.5 Å². The highest BCUT2D eigenvalue weighted by Crippen LogP contribution is 2.34. The van der Waals surface area contributed by atoms with Gasteiger partial charge in [0.25, 0.3) is 9.05 Å². The molecule has 0 aliphatic heterocycles. The van der Waals surface area contributed by atoms with Crippen molar-refractivity contribution in [1.82, 2.24) is 0 Å². The van der Waals surface area contributed by atoms with Crippen LogP contribution in [-0.2, 0) is 15.5 Å². The average Bonchev–Trinajstić information content (AvgIpc) is 2.27. The van der Waals surface area contributed by atoms with E-state index in [4.69, 9.17) is 15.4 Å². The monoisotopic (exact) mass is 293 g/mol. The van der Waals surface area contributed by atoms with E-state index in [1.165, 1.54) is 6.07 Å². The van der Waals surface area contributed by atoms with Gasteiger partial charge in [0.05, 0.1) is 16.4 Å². The predicted molar refractivity (Wildman–Crippen MR) is 66.7 cm³/mol. The van der Waals surface area contributed by atoms with Crippen LogP contribution in [0.15, 0.2) is 17.0 Å². The van der Waals surface area contributed by atoms with E-state index >= 15 is 0 Å². The average molecular weight is 294 g/mol. The number of hydrogen-bond acceptors (Lipinski definition) is 5. The van der Waals surface area contributed by atoms with Crippen molar-refractivity contribution in [2.75, 3.05) is 6.61 Å². The highest BCUT2D eigenvalue weighted by Gasteiger charge is 2.24. The molecule has 0 unspecified atom stereocenters. The van der Waals surface area contributed by atoms with Gasteiger partial charge in [0.1, 0.15) is 0 Å². The van der Waals surface area contributed by atoms with Crippen LogP contribution in [0.4, 0.5) is 5.69 Å². The Morgan fingerprint density at radius 1 is 1.39 bits per heavy atom. The molecule has 0 aromatic heterocycles. The summed E-state index contributed by atoms with van der Waals surface area (Å²) in [5.41, 5.74) is -0.0210. The third-order valence-electron chi connectivity index (χ3n) is 2.28. The summed E-state index contributed by atoms with van der Waals surface area (Å²) in [5.74, 6) is 0.0448. The number of ether oxygens (including phenoxy) is 1. The van der Waals surface area contributed by atoms with Gasteiger partial charge >= 0.3 is 5.69 Å². The van der Waals surface area contributed by atoms with Crippen molar-refractivity contribution >= 4 is 25.4 Å². The van der Waals surface area contributed by atoms with E-state index in [0.717, 1.165) is 6.07 Å². The Morgan fingerprint density at radius 3 is 2.39 bits per heavy atom. The molecule has 0 aliphatic carbocycles. The second-order valence-corrected chi connectivity index (χ2v) is 5.94. The lowest BCUT2D eigenvalue weighted by Gasteiger charge is -2.09. The molecule has 1 aromatic carbocycles. The predicted octanol–water partition coefficient (Wildman–Crippen LogP) is 2.48. The third kappa shape index (κ3) is 3.11. The molecule has 0 aliphatic rings. The summed E-state index contributed by atoms with van der Waals surface area (Å²) in [5, 5.41) is 10.9. The second-order valence-electron chi connectivity index (χ2n) is 3.41. The number of hydrogen-bond donors (Lipinski definition) is 0. The molecule has 0 saturated carbocycles. The molecule has 100 valence electrons. The number of nitrogens with zero attached hydrogens (tertiary/aromatic N) is 1. The van der Waals surface area contributed by atoms with E-state index in [2.05, 4.69) is 0 Å². The number of nitro benzene ring substituents is 1. The summed E-state index contributed by atoms with van der Waals surface area (Å²) in [6.07, 6.45) is 0.374. The van der Waals surface area contributed by atoms with E-state index in [1.807, 2.05) is 0 Å². The molecule has 0 atom stereocenters. The first-order valence-electron chi connectivity index (χ1n) is 5.20. The van der Waals surface area contributed by atoms with Gasteiger partial charge in [-0.3, -0.25) is 10.1 Å². The van der Waals surface area contributed by atoms with Crippen molar-refractivity contribution in [2.45, 2.75) is 25.2 Å². The van der Waals surface area contributed by atoms with Crippen LogP contribution in [0, 0.1) is 10.1 Å². The van der Waals surface area contributed by atoms with Gasteiger partial charge in [-0.15, -0.1) is 0 Å². The fourth-order valence-corrected chi connectivity index (χ4v) is 2.71. The minimum atomic E-state index is -4.02. The van der Waals surface area contributed by atoms with E-state index in [1.54, 1.807) is 13.8 Å². The van der Waals surface area contributed by atoms with Crippen LogP contribution in [0.25, 0.3) is 0 Å². The lowest BCUT2D eigenvalue weighted by Crippen LogP contribution is -2.03. The molecule has 1 rings (SSSR count). The molecule has 0 N–H and O–H groups in total. The maximum absolute atomic E-state index is 11.4. The first-order chi connectivity index (χ1) is 8.31. The van der Waals surface area contributed by atoms with Crippen molar-refractivity contribution in [1.29, 1.82) is 0 Å². The van der Waals surface area contributed by atoms with Crippen molar-refractivity contribution in [3.05, 3.63) is 27.8 Å². The lowest BCUT2D eigenvalue weighted by molar-refractivity contribution is -0.386. The maximum Gasteiger partial charge on any atom is 0.312 e. The largest absolute Gasteiger partial charge is 0.487 e. The Kier molecular flexibility index (Phi) is 4.53. The Hall–Kier alpha value is -1.34. The maximum atomic E-state index is 11.4. The fourth-order valence-electron chi connectivity index (χ4n) is 1.51. The minimum Gasteiger partial charge on any atom is -0.487 e. The molecule has 0 amide bonds. The summed E-state index contributed by atoms with van der Waals surface area (Å²) in [7, 11) is 1.24. The molecular formula is C10H12ClNO5S. The zero-order valence-electron chi connectivity index (χ0n) is 9.84. The fraction of sp³-hybridized carbons (Fsp3) is 0.400. The molecule has 8 heteroatoms. The summed E-state index contributed by atoms with van der Waals surface area (Å²) in [6, 6.07) is 2.28. The normalized spacial score (nSPS) is 11.3. The van der Waals surface area contributed by atoms with Gasteiger partial charge in [0.2, 0.25) is 0 Å². The zero-order chi connectivity index (χ0) is 13.9. The second kappa shape index (κ2) is 5.53. The van der Waals surface area contributed by atoms with Gasteiger partial charge < -0.3 is 4.74 Å². The van der Waals surface area contributed by atoms with Crippen LogP contribution in [-0.4, -0.2) is 19.9 Å². The summed E-state index contributed by atoms with van der Waals surface area (Å²) in [4.78, 5) is 9.92. The van der Waals surface area contributed by atoms with Crippen LogP contribution in [0.5, 0.6) is 5.75 Å². The first kappa shape index (κ1) is 14.7. The van der Waals surface area contributed by atoms with E-state index < -0.39 is 19.7 Å². The molecular weight excluding hydrogens is 282 g/mol. The van der Waals surface area contributed by atoms with Crippen LogP contribution >= 0.6 is 10.7 Å². The molecule has 0 radical (unpaired) electrons. The Morgan fingerprint density at radius 2 is 2.00 bits per heavy atom. The van der Waals surface area contributed by atoms with Gasteiger partial charge in [-0.05, 0) is 25.0 Å². The van der Waals surface area contributed by atoms with E-state index in [-0.39, 0.29) is 17.3 Å². The zero-order valence-corrected chi connectivity index (χ0v) is 11.4. The minimum absolute atomic E-state index is 0.0448. The molecule has 0 spiro atoms. The third-order valence-corrected chi connectivity index (χ3v) is 3.69. The molecule has 0 bridgehead atoms. The van der Waals surface area contributed by atoms with Crippen LogP contribution in [0.3, 0.4) is 0 Å². The smallest absolute Gasteiger partial charge is 0.312 e. The van der Waals surface area contributed by atoms with E-state index in [0.29, 0.717) is 12.0 Å². The summed E-state index contributed by atoms with van der Waals surface area (Å²) >= 11 is 0. The van der Waals surface area contributed by atoms with Gasteiger partial charge in [-0.2, -0.15) is 0 Å². The standard InChI is InChI=1S/C10H12ClNO5S/c1-3-7-5-9(17-4-2)8(12(13)14)6-10(7)18(11,15)16/h5-6H,3-4H2,1-2H3. The summed E-state index contributed by atoms with van der Waals surface area (Å²) < 4.78 is 27.8. The van der Waals surface area contributed by atoms with Crippen molar-refractivity contribution in [3.63, 3.8) is 0 Å². The molecule has 0 fully saturated rings. The molecule has 6 nitrogen and oxygen atoms in total. The van der Waals surface area contributed by atoms with Gasteiger partial charge in [0.15, 0.2) is 5.75 Å². The van der Waals surface area contributed by atoms with Crippen LogP contribution in [0.2, 0.25) is 0 Å². The topological polar surface area (TPSA) is 86.5 Å². The highest BCUT2D eigenvalue weighted by molar-refractivity contribution is 8.13. The van der Waals surface area contributed by atoms with Gasteiger partial charge in [-0.25, -0.2) is 8.42 Å². The molecule has 18 heavy (non-hydrogen) atoms. The van der Waals surface area contributed by atoms with Crippen molar-refractivity contribution in [3.8, 4) is 5.75 Å². The van der Waals surface area contributed by atoms with Gasteiger partial charge in [-0.1, -0.05) is 6.92 Å². The van der Waals surface area contributed by atoms with Crippen LogP contribution < -0.4 is 4.74 Å². The number of rotatable bonds is 5. The first-order valence-corrected chi connectivity index (χ1v) is 7.51. The number of nitro groups is 1. The number of aryl methyl sites for hydroxylation is 1. The number of halogens is 1.